The average molecular weight is 177 g/mol. The van der Waals surface area contributed by atoms with Gasteiger partial charge in [0.25, 0.3) is 0 Å². The first-order valence-electron chi connectivity index (χ1n) is 3.83. The summed E-state index contributed by atoms with van der Waals surface area (Å²) in [6.45, 7) is 0. The smallest absolute Gasteiger partial charge is 0.357 e. The highest BCUT2D eigenvalue weighted by Gasteiger charge is 2.18. The first-order chi connectivity index (χ1) is 6.27. The lowest BCUT2D eigenvalue weighted by Gasteiger charge is -2.14. The summed E-state index contributed by atoms with van der Waals surface area (Å²) in [6, 6.07) is 0. The fraction of sp³-hybridized carbons (Fsp3) is 0.111. The lowest BCUT2D eigenvalue weighted by molar-refractivity contribution is -0.129. The quantitative estimate of drug-likeness (QED) is 0.655. The minimum atomic E-state index is -1.07. The number of oxime groups is 1. The molecule has 1 heterocycles. The maximum absolute atomic E-state index is 10.5. The monoisotopic (exact) mass is 177 g/mol. The lowest BCUT2D eigenvalue weighted by atomic mass is 10.0. The van der Waals surface area contributed by atoms with Crippen LogP contribution in [-0.4, -0.2) is 16.8 Å². The predicted molar refractivity (Wildman–Crippen MR) is 46.1 cm³/mol. The van der Waals surface area contributed by atoms with Crippen molar-refractivity contribution in [3.63, 3.8) is 0 Å². The van der Waals surface area contributed by atoms with Gasteiger partial charge in [0.2, 0.25) is 0 Å². The van der Waals surface area contributed by atoms with E-state index in [1.807, 2.05) is 12.2 Å². The van der Waals surface area contributed by atoms with E-state index in [1.165, 1.54) is 6.08 Å². The van der Waals surface area contributed by atoms with E-state index in [-0.39, 0.29) is 5.71 Å². The predicted octanol–water partition coefficient (Wildman–Crippen LogP) is 1.23. The molecule has 4 heteroatoms. The zero-order valence-corrected chi connectivity index (χ0v) is 6.73. The molecule has 1 aliphatic heterocycles. The zero-order valence-electron chi connectivity index (χ0n) is 6.73. The standard InChI is InChI=1S/C9H7NO3/c11-9(12)7-5-6-3-1-2-4-8(6)13-10-7/h1-2,4-5H,3H2,(H,11,12). The molecule has 0 atom stereocenters. The molecule has 1 N–H and O–H groups in total. The number of allylic oxidation sites excluding steroid dienone is 4. The highest BCUT2D eigenvalue weighted by molar-refractivity contribution is 6.40. The van der Waals surface area contributed by atoms with Crippen molar-refractivity contribution < 1.29 is 14.7 Å². The summed E-state index contributed by atoms with van der Waals surface area (Å²) in [5.41, 5.74) is 0.803. The van der Waals surface area contributed by atoms with Crippen LogP contribution in [0.3, 0.4) is 0 Å². The third-order valence-corrected chi connectivity index (χ3v) is 1.81. The van der Waals surface area contributed by atoms with Crippen LogP contribution in [-0.2, 0) is 9.63 Å². The van der Waals surface area contributed by atoms with Crippen LogP contribution in [0, 0.1) is 0 Å². The Kier molecular flexibility index (Phi) is 1.73. The summed E-state index contributed by atoms with van der Waals surface area (Å²) in [7, 11) is 0. The van der Waals surface area contributed by atoms with Crippen molar-refractivity contribution in [2.45, 2.75) is 6.42 Å². The van der Waals surface area contributed by atoms with Crippen molar-refractivity contribution in [2.24, 2.45) is 5.16 Å². The summed E-state index contributed by atoms with van der Waals surface area (Å²) < 4.78 is 0. The second-order valence-corrected chi connectivity index (χ2v) is 2.71. The van der Waals surface area contributed by atoms with E-state index in [9.17, 15) is 4.79 Å². The topological polar surface area (TPSA) is 58.9 Å². The van der Waals surface area contributed by atoms with Crippen molar-refractivity contribution in [1.29, 1.82) is 0 Å². The zero-order chi connectivity index (χ0) is 9.26. The molecule has 0 saturated heterocycles. The van der Waals surface area contributed by atoms with Crippen LogP contribution < -0.4 is 0 Å². The molecule has 0 fully saturated rings. The van der Waals surface area contributed by atoms with Gasteiger partial charge in [0.15, 0.2) is 11.5 Å². The van der Waals surface area contributed by atoms with Gasteiger partial charge >= 0.3 is 5.97 Å². The minimum Gasteiger partial charge on any atom is -0.476 e. The molecule has 0 amide bonds. The van der Waals surface area contributed by atoms with Gasteiger partial charge in [-0.3, -0.25) is 0 Å². The second kappa shape index (κ2) is 2.90. The minimum absolute atomic E-state index is 0.0533. The Labute approximate surface area is 74.5 Å². The van der Waals surface area contributed by atoms with E-state index in [1.54, 1.807) is 6.08 Å². The fourth-order valence-electron chi connectivity index (χ4n) is 1.17. The lowest BCUT2D eigenvalue weighted by Crippen LogP contribution is -2.15. The summed E-state index contributed by atoms with van der Waals surface area (Å²) in [5, 5.41) is 12.1. The average Bonchev–Trinajstić information content (AvgIpc) is 2.17. The van der Waals surface area contributed by atoms with Crippen LogP contribution in [0.5, 0.6) is 0 Å². The molecule has 4 nitrogen and oxygen atoms in total. The first-order valence-corrected chi connectivity index (χ1v) is 3.83. The van der Waals surface area contributed by atoms with Gasteiger partial charge < -0.3 is 9.94 Å². The summed E-state index contributed by atoms with van der Waals surface area (Å²) in [5.74, 6) is -0.436. The molecule has 66 valence electrons. The number of hydrogen-bond acceptors (Lipinski definition) is 3. The van der Waals surface area contributed by atoms with Crippen molar-refractivity contribution in [1.82, 2.24) is 0 Å². The molecule has 0 aromatic carbocycles. The Morgan fingerprint density at radius 2 is 2.46 bits per heavy atom. The van der Waals surface area contributed by atoms with Crippen LogP contribution in [0.4, 0.5) is 0 Å². The highest BCUT2D eigenvalue weighted by Crippen LogP contribution is 2.23. The maximum Gasteiger partial charge on any atom is 0.357 e. The van der Waals surface area contributed by atoms with Gasteiger partial charge in [0.05, 0.1) is 0 Å². The van der Waals surface area contributed by atoms with Gasteiger partial charge in [-0.15, -0.1) is 0 Å². The van der Waals surface area contributed by atoms with Crippen LogP contribution in [0.15, 0.2) is 40.8 Å². The van der Waals surface area contributed by atoms with Gasteiger partial charge in [0.1, 0.15) is 0 Å². The highest BCUT2D eigenvalue weighted by atomic mass is 16.6. The molecule has 2 rings (SSSR count). The van der Waals surface area contributed by atoms with Gasteiger partial charge in [-0.05, 0) is 18.6 Å². The Hall–Kier alpha value is -1.84. The summed E-state index contributed by atoms with van der Waals surface area (Å²) >= 11 is 0. The van der Waals surface area contributed by atoms with Crippen LogP contribution in [0.2, 0.25) is 0 Å². The van der Waals surface area contributed by atoms with Crippen molar-refractivity contribution in [3.8, 4) is 0 Å². The van der Waals surface area contributed by atoms with Crippen molar-refractivity contribution >= 4 is 11.7 Å². The molecule has 0 unspecified atom stereocenters. The van der Waals surface area contributed by atoms with Gasteiger partial charge in [-0.1, -0.05) is 17.3 Å². The van der Waals surface area contributed by atoms with Crippen LogP contribution >= 0.6 is 0 Å². The number of aliphatic carboxylic acids is 1. The van der Waals surface area contributed by atoms with Gasteiger partial charge in [-0.25, -0.2) is 4.79 Å². The van der Waals surface area contributed by atoms with Crippen LogP contribution in [0.25, 0.3) is 0 Å². The number of hydrogen-bond donors (Lipinski definition) is 1. The number of carbonyl (C=O) groups is 1. The number of carboxylic acids is 1. The molecule has 1 aliphatic carbocycles. The molecular weight excluding hydrogens is 170 g/mol. The molecule has 2 aliphatic rings. The third-order valence-electron chi connectivity index (χ3n) is 1.81. The van der Waals surface area contributed by atoms with E-state index in [0.29, 0.717) is 12.2 Å². The molecular formula is C9H7NO3. The molecule has 0 spiro atoms. The fourth-order valence-corrected chi connectivity index (χ4v) is 1.17. The Bertz CT molecular complexity index is 374. The second-order valence-electron chi connectivity index (χ2n) is 2.71. The van der Waals surface area contributed by atoms with Gasteiger partial charge in [0, 0.05) is 5.57 Å². The number of carboxylic acid groups (broad SMARTS) is 1. The van der Waals surface area contributed by atoms with E-state index < -0.39 is 5.97 Å². The Morgan fingerprint density at radius 3 is 3.23 bits per heavy atom. The van der Waals surface area contributed by atoms with Gasteiger partial charge in [-0.2, -0.15) is 0 Å². The summed E-state index contributed by atoms with van der Waals surface area (Å²) in [4.78, 5) is 15.4. The number of fused-ring (bicyclic) bond motifs is 1. The van der Waals surface area contributed by atoms with E-state index >= 15 is 0 Å². The van der Waals surface area contributed by atoms with E-state index in [0.717, 1.165) is 5.57 Å². The molecule has 0 saturated carbocycles. The van der Waals surface area contributed by atoms with Crippen LogP contribution in [0.1, 0.15) is 6.42 Å². The number of nitrogens with zero attached hydrogens (tertiary/aromatic N) is 1. The SMILES string of the molecule is O=C(O)C1=NOC2=CC=CCC2=C1. The van der Waals surface area contributed by atoms with Crippen molar-refractivity contribution in [3.05, 3.63) is 35.6 Å². The maximum atomic E-state index is 10.5. The largest absolute Gasteiger partial charge is 0.476 e. The molecule has 0 bridgehead atoms. The van der Waals surface area contributed by atoms with Crippen molar-refractivity contribution in [2.75, 3.05) is 0 Å². The van der Waals surface area contributed by atoms with E-state index in [2.05, 4.69) is 5.16 Å². The third kappa shape index (κ3) is 1.38. The molecule has 0 aromatic rings. The molecule has 0 radical (unpaired) electrons. The first kappa shape index (κ1) is 7.79. The Balaban J connectivity index is 2.32. The summed E-state index contributed by atoms with van der Waals surface area (Å²) in [6.07, 6.45) is 7.77. The van der Waals surface area contributed by atoms with E-state index in [4.69, 9.17) is 9.94 Å². The molecule has 0 aromatic heterocycles. The Morgan fingerprint density at radius 1 is 1.62 bits per heavy atom. The number of rotatable bonds is 1. The normalized spacial score (nSPS) is 19.2. The molecule has 13 heavy (non-hydrogen) atoms.